The minimum absolute atomic E-state index is 0.178. The lowest BCUT2D eigenvalue weighted by Gasteiger charge is -2.19. The summed E-state index contributed by atoms with van der Waals surface area (Å²) in [5.41, 5.74) is 3.20. The van der Waals surface area contributed by atoms with E-state index in [9.17, 15) is 19.2 Å². The van der Waals surface area contributed by atoms with Gasteiger partial charge in [0.25, 0.3) is 5.91 Å². The molecule has 2 aliphatic rings. The van der Waals surface area contributed by atoms with Crippen LogP contribution in [-0.2, 0) is 19.1 Å². The van der Waals surface area contributed by atoms with Gasteiger partial charge in [0.15, 0.2) is 6.61 Å². The molecule has 1 aliphatic carbocycles. The fourth-order valence-electron chi connectivity index (χ4n) is 4.48. The second kappa shape index (κ2) is 8.94. The molecule has 0 bridgehead atoms. The molecule has 7 nitrogen and oxygen atoms in total. The Morgan fingerprint density at radius 1 is 1.00 bits per heavy atom. The number of amides is 3. The van der Waals surface area contributed by atoms with Gasteiger partial charge in [-0.1, -0.05) is 31.0 Å². The van der Waals surface area contributed by atoms with E-state index in [4.69, 9.17) is 4.74 Å². The average molecular weight is 434 g/mol. The fourth-order valence-corrected chi connectivity index (χ4v) is 4.48. The summed E-state index contributed by atoms with van der Waals surface area (Å²) >= 11 is 0. The van der Waals surface area contributed by atoms with Gasteiger partial charge in [-0.3, -0.25) is 19.3 Å². The van der Waals surface area contributed by atoms with Crippen molar-refractivity contribution in [3.8, 4) is 0 Å². The molecule has 2 fully saturated rings. The quantitative estimate of drug-likeness (QED) is 0.571. The number of hydrogen-bond acceptors (Lipinski definition) is 5. The predicted molar refractivity (Wildman–Crippen MR) is 119 cm³/mol. The van der Waals surface area contributed by atoms with Gasteiger partial charge in [0.05, 0.1) is 23.1 Å². The molecule has 1 N–H and O–H groups in total. The third-order valence-corrected chi connectivity index (χ3v) is 6.39. The van der Waals surface area contributed by atoms with Crippen molar-refractivity contribution in [1.29, 1.82) is 0 Å². The molecule has 166 valence electrons. The van der Waals surface area contributed by atoms with Crippen molar-refractivity contribution in [2.24, 2.45) is 11.8 Å². The number of esters is 1. The largest absolute Gasteiger partial charge is 0.452 e. The number of nitrogens with zero attached hydrogens (tertiary/aromatic N) is 1. The highest BCUT2D eigenvalue weighted by molar-refractivity contribution is 6.22. The van der Waals surface area contributed by atoms with Crippen LogP contribution in [0.2, 0.25) is 0 Å². The highest BCUT2D eigenvalue weighted by Crippen LogP contribution is 2.40. The topological polar surface area (TPSA) is 92.8 Å². The number of anilines is 2. The summed E-state index contributed by atoms with van der Waals surface area (Å²) in [6.07, 6.45) is 3.35. The lowest BCUT2D eigenvalue weighted by atomic mass is 9.81. The number of rotatable bonds is 5. The maximum atomic E-state index is 12.8. The highest BCUT2D eigenvalue weighted by Gasteiger charge is 2.48. The van der Waals surface area contributed by atoms with E-state index < -0.39 is 18.5 Å². The van der Waals surface area contributed by atoms with Crippen molar-refractivity contribution in [1.82, 2.24) is 0 Å². The number of carbonyl (C=O) groups excluding carboxylic acids is 4. The molecular formula is C25H26N2O5. The molecule has 3 amide bonds. The van der Waals surface area contributed by atoms with E-state index in [1.165, 1.54) is 17.0 Å². The molecule has 2 aromatic rings. The van der Waals surface area contributed by atoms with E-state index >= 15 is 0 Å². The standard InChI is InChI=1S/C25H26N2O5/c1-15-7-5-12-21(16(15)2)26-22(28)14-32-25(31)17-8-6-9-18(13-17)27-23(29)19-10-3-4-11-20(19)24(27)30/h5-9,12-13,19-20H,3-4,10-11,14H2,1-2H3,(H,26,28)/t19-,20+. The van der Waals surface area contributed by atoms with E-state index in [1.54, 1.807) is 18.2 Å². The molecule has 1 saturated heterocycles. The van der Waals surface area contributed by atoms with Gasteiger partial charge in [-0.05, 0) is 62.1 Å². The molecule has 0 aromatic heterocycles. The van der Waals surface area contributed by atoms with Crippen molar-refractivity contribution in [2.75, 3.05) is 16.8 Å². The van der Waals surface area contributed by atoms with Gasteiger partial charge < -0.3 is 10.1 Å². The summed E-state index contributed by atoms with van der Waals surface area (Å²) in [7, 11) is 0. The molecule has 1 aliphatic heterocycles. The normalized spacial score (nSPS) is 20.1. The Morgan fingerprint density at radius 3 is 2.34 bits per heavy atom. The van der Waals surface area contributed by atoms with E-state index in [2.05, 4.69) is 5.32 Å². The lowest BCUT2D eigenvalue weighted by Crippen LogP contribution is -2.31. The molecule has 1 heterocycles. The van der Waals surface area contributed by atoms with Crippen LogP contribution < -0.4 is 10.2 Å². The predicted octanol–water partition coefficient (Wildman–Crippen LogP) is 3.78. The molecular weight excluding hydrogens is 408 g/mol. The van der Waals surface area contributed by atoms with E-state index in [-0.39, 0.29) is 29.2 Å². The molecule has 32 heavy (non-hydrogen) atoms. The molecule has 1 saturated carbocycles. The second-order valence-electron chi connectivity index (χ2n) is 8.43. The number of imide groups is 1. The number of hydrogen-bond donors (Lipinski definition) is 1. The third kappa shape index (κ3) is 4.15. The van der Waals surface area contributed by atoms with Gasteiger partial charge in [0, 0.05) is 5.69 Å². The molecule has 2 aromatic carbocycles. The van der Waals surface area contributed by atoms with Crippen LogP contribution in [-0.4, -0.2) is 30.3 Å². The molecule has 2 atom stereocenters. The Labute approximate surface area is 186 Å². The van der Waals surface area contributed by atoms with E-state index in [0.29, 0.717) is 11.4 Å². The van der Waals surface area contributed by atoms with Crippen LogP contribution in [0, 0.1) is 25.7 Å². The first kappa shape index (κ1) is 21.7. The SMILES string of the molecule is Cc1cccc(NC(=O)COC(=O)c2cccc(N3C(=O)[C@H]4CCCC[C@H]4C3=O)c2)c1C. The number of benzene rings is 2. The highest BCUT2D eigenvalue weighted by atomic mass is 16.5. The van der Waals surface area contributed by atoms with Crippen molar-refractivity contribution < 1.29 is 23.9 Å². The zero-order chi connectivity index (χ0) is 22.8. The minimum atomic E-state index is -0.695. The Bertz CT molecular complexity index is 1070. The molecule has 4 rings (SSSR count). The first-order valence-corrected chi connectivity index (χ1v) is 10.9. The molecule has 0 unspecified atom stereocenters. The summed E-state index contributed by atoms with van der Waals surface area (Å²) < 4.78 is 5.16. The fraction of sp³-hybridized carbons (Fsp3) is 0.360. The Morgan fingerprint density at radius 2 is 1.66 bits per heavy atom. The first-order chi connectivity index (χ1) is 15.4. The van der Waals surface area contributed by atoms with Crippen LogP contribution >= 0.6 is 0 Å². The van der Waals surface area contributed by atoms with Crippen LogP contribution in [0.3, 0.4) is 0 Å². The van der Waals surface area contributed by atoms with Gasteiger partial charge in [0.1, 0.15) is 0 Å². The first-order valence-electron chi connectivity index (χ1n) is 10.9. The third-order valence-electron chi connectivity index (χ3n) is 6.39. The van der Waals surface area contributed by atoms with Crippen molar-refractivity contribution in [2.45, 2.75) is 39.5 Å². The molecule has 0 radical (unpaired) electrons. The summed E-state index contributed by atoms with van der Waals surface area (Å²) in [6, 6.07) is 11.8. The number of carbonyl (C=O) groups is 4. The van der Waals surface area contributed by atoms with Crippen molar-refractivity contribution in [3.05, 3.63) is 59.2 Å². The summed E-state index contributed by atoms with van der Waals surface area (Å²) in [5, 5.41) is 2.74. The van der Waals surface area contributed by atoms with Gasteiger partial charge in [0.2, 0.25) is 11.8 Å². The second-order valence-corrected chi connectivity index (χ2v) is 8.43. The summed E-state index contributed by atoms with van der Waals surface area (Å²) in [4.78, 5) is 51.6. The van der Waals surface area contributed by atoms with E-state index in [1.807, 2.05) is 26.0 Å². The average Bonchev–Trinajstić information content (AvgIpc) is 3.05. The number of ether oxygens (including phenoxy) is 1. The zero-order valence-corrected chi connectivity index (χ0v) is 18.2. The van der Waals surface area contributed by atoms with Gasteiger partial charge in [-0.15, -0.1) is 0 Å². The van der Waals surface area contributed by atoms with Gasteiger partial charge in [-0.2, -0.15) is 0 Å². The van der Waals surface area contributed by atoms with Crippen LogP contribution in [0.15, 0.2) is 42.5 Å². The molecule has 7 heteroatoms. The maximum Gasteiger partial charge on any atom is 0.338 e. The maximum absolute atomic E-state index is 12.8. The smallest absolute Gasteiger partial charge is 0.338 e. The summed E-state index contributed by atoms with van der Waals surface area (Å²) in [5.74, 6) is -2.06. The van der Waals surface area contributed by atoms with Crippen LogP contribution in [0.25, 0.3) is 0 Å². The Balaban J connectivity index is 1.41. The van der Waals surface area contributed by atoms with Crippen LogP contribution in [0.1, 0.15) is 47.2 Å². The van der Waals surface area contributed by atoms with Gasteiger partial charge in [-0.25, -0.2) is 4.79 Å². The van der Waals surface area contributed by atoms with Crippen molar-refractivity contribution in [3.63, 3.8) is 0 Å². The van der Waals surface area contributed by atoms with Crippen molar-refractivity contribution >= 4 is 35.1 Å². The Kier molecular flexibility index (Phi) is 6.08. The molecule has 0 spiro atoms. The lowest BCUT2D eigenvalue weighted by molar-refractivity contribution is -0.122. The Hall–Kier alpha value is -3.48. The minimum Gasteiger partial charge on any atom is -0.452 e. The zero-order valence-electron chi connectivity index (χ0n) is 18.2. The monoisotopic (exact) mass is 434 g/mol. The number of aryl methyl sites for hydroxylation is 1. The number of nitrogens with one attached hydrogen (secondary N) is 1. The van der Waals surface area contributed by atoms with Crippen LogP contribution in [0.5, 0.6) is 0 Å². The summed E-state index contributed by atoms with van der Waals surface area (Å²) in [6.45, 7) is 3.41. The van der Waals surface area contributed by atoms with E-state index in [0.717, 1.165) is 36.8 Å². The van der Waals surface area contributed by atoms with Gasteiger partial charge >= 0.3 is 5.97 Å². The number of fused-ring (bicyclic) bond motifs is 1. The van der Waals surface area contributed by atoms with Crippen LogP contribution in [0.4, 0.5) is 11.4 Å².